The Morgan fingerprint density at radius 3 is 1.76 bits per heavy atom. The van der Waals surface area contributed by atoms with Gasteiger partial charge in [0.2, 0.25) is 0 Å². The van der Waals surface area contributed by atoms with E-state index in [1.54, 1.807) is 35.8 Å². The Bertz CT molecular complexity index is 6370. The molecule has 1 aliphatic rings. The van der Waals surface area contributed by atoms with Crippen LogP contribution < -0.4 is 9.30 Å². The number of ether oxygens (including phenoxy) is 1. The van der Waals surface area contributed by atoms with E-state index >= 15 is 0 Å². The van der Waals surface area contributed by atoms with E-state index < -0.39 is 155 Å². The summed E-state index contributed by atoms with van der Waals surface area (Å²) in [5, 5.41) is 1.90. The number of fused-ring (bicyclic) bond motifs is 10. The van der Waals surface area contributed by atoms with Crippen LogP contribution in [0, 0.1) is 13.3 Å². The lowest BCUT2D eigenvalue weighted by Gasteiger charge is -2.20. The van der Waals surface area contributed by atoms with Crippen LogP contribution in [-0.4, -0.2) is 14.1 Å². The highest BCUT2D eigenvalue weighted by Crippen LogP contribution is 2.49. The van der Waals surface area contributed by atoms with Crippen molar-refractivity contribution in [1.82, 2.24) is 14.1 Å². The number of benzene rings is 12. The van der Waals surface area contributed by atoms with Gasteiger partial charge in [0.05, 0.1) is 62.2 Å². The Labute approximate surface area is 542 Å². The van der Waals surface area contributed by atoms with Gasteiger partial charge in [0.1, 0.15) is 17.3 Å². The van der Waals surface area contributed by atoms with Crippen LogP contribution in [0.15, 0.2) is 291 Å². The highest BCUT2D eigenvalue weighted by molar-refractivity contribution is 6.11. The SMILES string of the molecule is [2H]c1c([2H])c([2H])c(-c2c([2H])c(-c3cccc4c3-[n+]3[c-]n(-c5cccc(Oc6ccc7c8cc(-c9ccccc9)ccc8n(-c8cc(C(C)(C)C)ccn8)c7c6)c5)c5cc(-c6ccccc6)c(C)c(c53)-c3c([2H])c([2H])c([2H])c([2H])c3-c3c([2H])c([2H])c([2H])c([2H])c3-4)c([2H])c(-c3c([2H])c([2H])c([2H])c([2H])c3[2H])c2[2H])c([2H])c1[2H]. The maximum atomic E-state index is 10.5. The molecule has 0 atom stereocenters. The van der Waals surface area contributed by atoms with Gasteiger partial charge >= 0.3 is 0 Å². The molecule has 0 aliphatic carbocycles. The van der Waals surface area contributed by atoms with Gasteiger partial charge in [-0.25, -0.2) is 4.98 Å². The van der Waals surface area contributed by atoms with Gasteiger partial charge in [-0.3, -0.25) is 13.7 Å². The number of hydrogen-bond acceptors (Lipinski definition) is 2. The molecule has 0 amide bonds. The van der Waals surface area contributed by atoms with Gasteiger partial charge in [0.25, 0.3) is 6.33 Å². The van der Waals surface area contributed by atoms with Crippen molar-refractivity contribution in [3.63, 3.8) is 0 Å². The number of rotatable bonds is 9. The van der Waals surface area contributed by atoms with Crippen molar-refractivity contribution < 1.29 is 38.1 Å². The summed E-state index contributed by atoms with van der Waals surface area (Å²) in [5.41, 5.74) is 1.86. The lowest BCUT2D eigenvalue weighted by atomic mass is 9.85. The van der Waals surface area contributed by atoms with E-state index in [0.29, 0.717) is 39.7 Å². The standard InChI is InChI=1S/C83H60N4O/c1-54-74(58-29-15-8-16-30-58)52-78-82-80(54)72-36-20-19-34-69(72)68-33-17-18-35-70(68)73-38-22-37-67(62-46-60(56-25-11-6-12-26-56)45-61(47-62)57-27-13-7-14-28-57)81(73)86(82)53-85(78)64-31-21-32-65(50-64)88-66-40-41-71-75-48-59(55-23-9-5-10-24-55)39-42-76(75)87(77(71)51-66)79-49-63(43-44-84-79)83(2,3)4/h5-52H,1-4H3/i6D,7D,11D,12D,13D,14D,17D,18D,19D,20D,25D,26D,27D,28D,33D,34D,35D,36D,45D,46D,47D. The lowest BCUT2D eigenvalue weighted by molar-refractivity contribution is -0.570. The second-order valence-corrected chi connectivity index (χ2v) is 22.5. The van der Waals surface area contributed by atoms with Crippen molar-refractivity contribution in [3.8, 4) is 118 Å². The molecule has 3 aromatic heterocycles. The van der Waals surface area contributed by atoms with Gasteiger partial charge in [-0.1, -0.05) is 221 Å². The van der Waals surface area contributed by atoms with Crippen LogP contribution in [0.3, 0.4) is 0 Å². The number of para-hydroxylation sites is 1. The summed E-state index contributed by atoms with van der Waals surface area (Å²) < 4.78 is 211. The molecule has 0 fully saturated rings. The van der Waals surface area contributed by atoms with Crippen LogP contribution >= 0.6 is 0 Å². The molecule has 5 heteroatoms. The van der Waals surface area contributed by atoms with Gasteiger partial charge in [-0.15, -0.1) is 0 Å². The van der Waals surface area contributed by atoms with E-state index in [4.69, 9.17) is 17.9 Å². The fourth-order valence-corrected chi connectivity index (χ4v) is 12.1. The van der Waals surface area contributed by atoms with Gasteiger partial charge < -0.3 is 4.74 Å². The van der Waals surface area contributed by atoms with Crippen molar-refractivity contribution >= 4 is 32.8 Å². The Morgan fingerprint density at radius 2 is 1.06 bits per heavy atom. The molecule has 0 radical (unpaired) electrons. The molecule has 0 bridgehead atoms. The molecule has 0 saturated carbocycles. The first-order chi connectivity index (χ1) is 51.9. The van der Waals surface area contributed by atoms with Crippen LogP contribution in [0.1, 0.15) is 60.7 Å². The highest BCUT2D eigenvalue weighted by Gasteiger charge is 2.29. The third kappa shape index (κ3) is 9.01. The van der Waals surface area contributed by atoms with Crippen LogP contribution in [0.25, 0.3) is 139 Å². The number of pyridine rings is 1. The predicted octanol–water partition coefficient (Wildman–Crippen LogP) is 21.2. The summed E-state index contributed by atoms with van der Waals surface area (Å²) in [7, 11) is 0. The highest BCUT2D eigenvalue weighted by atomic mass is 16.5. The molecule has 1 aliphatic heterocycles. The molecule has 0 saturated heterocycles. The molecule has 15 aromatic rings. The van der Waals surface area contributed by atoms with E-state index in [0.717, 1.165) is 38.5 Å². The van der Waals surface area contributed by atoms with Crippen LogP contribution in [0.4, 0.5) is 0 Å². The first-order valence-corrected chi connectivity index (χ1v) is 28.5. The second-order valence-electron chi connectivity index (χ2n) is 22.5. The molecule has 0 N–H and O–H groups in total. The molecule has 0 spiro atoms. The minimum atomic E-state index is -0.920. The molecule has 4 heterocycles. The molecular weight excluding hydrogens is 1070 g/mol. The minimum absolute atomic E-state index is 0.0993. The largest absolute Gasteiger partial charge is 0.458 e. The van der Waals surface area contributed by atoms with Crippen molar-refractivity contribution in [3.05, 3.63) is 308 Å². The first-order valence-electron chi connectivity index (χ1n) is 39.0. The smallest absolute Gasteiger partial charge is 0.269 e. The number of aromatic nitrogens is 4. The van der Waals surface area contributed by atoms with E-state index in [9.17, 15) is 20.6 Å². The summed E-state index contributed by atoms with van der Waals surface area (Å²) in [6.45, 7) is 8.18. The average molecular weight is 1150 g/mol. The Kier molecular flexibility index (Phi) is 8.34. The van der Waals surface area contributed by atoms with Gasteiger partial charge in [-0.2, -0.15) is 0 Å². The quantitative estimate of drug-likeness (QED) is 0.107. The maximum absolute atomic E-state index is 10.5. The van der Waals surface area contributed by atoms with Crippen molar-refractivity contribution in [2.24, 2.45) is 0 Å². The minimum Gasteiger partial charge on any atom is -0.458 e. The third-order valence-electron chi connectivity index (χ3n) is 16.2. The topological polar surface area (TPSA) is 35.9 Å². The molecular formula is C83H60N4O. The summed E-state index contributed by atoms with van der Waals surface area (Å²) >= 11 is 0. The Morgan fingerprint density at radius 1 is 0.443 bits per heavy atom. The first kappa shape index (κ1) is 34.7. The maximum Gasteiger partial charge on any atom is 0.269 e. The van der Waals surface area contributed by atoms with E-state index in [1.807, 2.05) is 85.1 Å². The zero-order valence-corrected chi connectivity index (χ0v) is 47.8. The fourth-order valence-electron chi connectivity index (χ4n) is 12.1. The Balaban J connectivity index is 1.03. The molecule has 5 nitrogen and oxygen atoms in total. The third-order valence-corrected chi connectivity index (χ3v) is 16.2. The fraction of sp³-hybridized carbons (Fsp3) is 0.0602. The molecule has 88 heavy (non-hydrogen) atoms. The zero-order chi connectivity index (χ0) is 77.3. The van der Waals surface area contributed by atoms with Crippen LogP contribution in [-0.2, 0) is 5.41 Å². The molecule has 16 rings (SSSR count). The second kappa shape index (κ2) is 21.1. The molecule has 418 valence electrons. The van der Waals surface area contributed by atoms with Gasteiger partial charge in [0.15, 0.2) is 0 Å². The normalized spacial score (nSPS) is 15.2. The van der Waals surface area contributed by atoms with Crippen molar-refractivity contribution in [1.29, 1.82) is 0 Å². The lowest BCUT2D eigenvalue weighted by Crippen LogP contribution is -2.32. The Hall–Kier alpha value is -11.1. The van der Waals surface area contributed by atoms with E-state index in [1.165, 1.54) is 22.8 Å². The van der Waals surface area contributed by atoms with Crippen LogP contribution in [0.2, 0.25) is 0 Å². The number of nitrogens with zero attached hydrogens (tertiary/aromatic N) is 4. The number of hydrogen-bond donors (Lipinski definition) is 0. The average Bonchev–Trinajstić information content (AvgIpc) is 1.58. The zero-order valence-electron chi connectivity index (χ0n) is 68.8. The number of imidazole rings is 1. The summed E-state index contributed by atoms with van der Waals surface area (Å²) in [6.07, 6.45) is 5.38. The van der Waals surface area contributed by atoms with Gasteiger partial charge in [-0.05, 0) is 191 Å². The molecule has 0 unspecified atom stereocenters. The summed E-state index contributed by atoms with van der Waals surface area (Å²) in [5.74, 6) is 1.44. The monoisotopic (exact) mass is 1150 g/mol. The van der Waals surface area contributed by atoms with Crippen molar-refractivity contribution in [2.75, 3.05) is 0 Å². The summed E-state index contributed by atoms with van der Waals surface area (Å²) in [6, 6.07) is 31.8. The molecule has 12 aromatic carbocycles. The van der Waals surface area contributed by atoms with Crippen LogP contribution in [0.5, 0.6) is 11.5 Å². The van der Waals surface area contributed by atoms with Crippen molar-refractivity contribution in [2.45, 2.75) is 33.1 Å². The van der Waals surface area contributed by atoms with E-state index in [-0.39, 0.29) is 61.1 Å². The van der Waals surface area contributed by atoms with E-state index in [2.05, 4.69) is 68.1 Å². The predicted molar refractivity (Wildman–Crippen MR) is 363 cm³/mol. The summed E-state index contributed by atoms with van der Waals surface area (Å²) in [4.78, 5) is 4.95. The van der Waals surface area contributed by atoms with Gasteiger partial charge in [0, 0.05) is 23.0 Å².